The van der Waals surface area contributed by atoms with Crippen LogP contribution < -0.4 is 20.3 Å². The van der Waals surface area contributed by atoms with E-state index in [0.29, 0.717) is 18.6 Å². The molecule has 1 unspecified atom stereocenters. The highest BCUT2D eigenvalue weighted by Crippen LogP contribution is 2.23. The van der Waals surface area contributed by atoms with Crippen molar-refractivity contribution in [3.63, 3.8) is 0 Å². The van der Waals surface area contributed by atoms with E-state index >= 15 is 0 Å². The van der Waals surface area contributed by atoms with Crippen molar-refractivity contribution in [2.75, 3.05) is 29.9 Å². The highest BCUT2D eigenvalue weighted by Gasteiger charge is 2.21. The Morgan fingerprint density at radius 3 is 2.61 bits per heavy atom. The monoisotopic (exact) mass is 448 g/mol. The minimum atomic E-state index is -0.630. The number of benzene rings is 2. The summed E-state index contributed by atoms with van der Waals surface area (Å²) in [7, 11) is 0. The summed E-state index contributed by atoms with van der Waals surface area (Å²) in [5.41, 5.74) is 2.72. The molecule has 0 spiro atoms. The summed E-state index contributed by atoms with van der Waals surface area (Å²) in [5.74, 6) is -0.0328. The molecule has 33 heavy (non-hydrogen) atoms. The molecule has 2 aromatic rings. The molecule has 1 saturated heterocycles. The van der Waals surface area contributed by atoms with Crippen LogP contribution in [-0.4, -0.2) is 37.6 Å². The van der Waals surface area contributed by atoms with E-state index in [4.69, 9.17) is 10.00 Å². The van der Waals surface area contributed by atoms with Crippen molar-refractivity contribution in [1.82, 2.24) is 5.32 Å². The Morgan fingerprint density at radius 2 is 1.91 bits per heavy atom. The predicted octanol–water partition coefficient (Wildman–Crippen LogP) is 4.05. The lowest BCUT2D eigenvalue weighted by Crippen LogP contribution is -2.45. The Morgan fingerprint density at radius 1 is 1.15 bits per heavy atom. The van der Waals surface area contributed by atoms with Gasteiger partial charge < -0.3 is 20.3 Å². The maximum Gasteiger partial charge on any atom is 0.258 e. The molecule has 2 N–H and O–H groups in total. The third-order valence-corrected chi connectivity index (χ3v) is 5.66. The molecule has 1 heterocycles. The van der Waals surface area contributed by atoms with Gasteiger partial charge in [0.15, 0.2) is 6.61 Å². The molecule has 174 valence electrons. The molecule has 1 fully saturated rings. The summed E-state index contributed by atoms with van der Waals surface area (Å²) < 4.78 is 5.54. The summed E-state index contributed by atoms with van der Waals surface area (Å²) in [6, 6.07) is 16.4. The van der Waals surface area contributed by atoms with Crippen molar-refractivity contribution in [1.29, 1.82) is 5.26 Å². The van der Waals surface area contributed by atoms with Crippen molar-refractivity contribution in [3.05, 3.63) is 54.1 Å². The Labute approximate surface area is 195 Å². The molecule has 1 aliphatic heterocycles. The quantitative estimate of drug-likeness (QED) is 0.541. The van der Waals surface area contributed by atoms with Gasteiger partial charge in [-0.2, -0.15) is 5.26 Å². The first kappa shape index (κ1) is 24.1. The smallest absolute Gasteiger partial charge is 0.258 e. The minimum Gasteiger partial charge on any atom is -0.484 e. The van der Waals surface area contributed by atoms with E-state index in [1.807, 2.05) is 18.2 Å². The first-order valence-corrected chi connectivity index (χ1v) is 11.6. The van der Waals surface area contributed by atoms with Gasteiger partial charge >= 0.3 is 0 Å². The second-order valence-electron chi connectivity index (χ2n) is 8.26. The molecule has 0 aromatic heterocycles. The number of rotatable bonds is 11. The van der Waals surface area contributed by atoms with Gasteiger partial charge in [0, 0.05) is 24.5 Å². The number of anilines is 2. The lowest BCUT2D eigenvalue weighted by Gasteiger charge is -2.21. The number of unbranched alkanes of at least 4 members (excludes halogenated alkanes) is 1. The Hall–Kier alpha value is -3.53. The van der Waals surface area contributed by atoms with Crippen molar-refractivity contribution < 1.29 is 14.3 Å². The van der Waals surface area contributed by atoms with Gasteiger partial charge in [-0.1, -0.05) is 38.0 Å². The minimum absolute atomic E-state index is 0.183. The molecule has 0 bridgehead atoms. The van der Waals surface area contributed by atoms with E-state index in [0.717, 1.165) is 42.9 Å². The van der Waals surface area contributed by atoms with Crippen LogP contribution in [0.2, 0.25) is 0 Å². The van der Waals surface area contributed by atoms with Crippen LogP contribution in [0.4, 0.5) is 11.4 Å². The molecule has 0 saturated carbocycles. The number of amides is 2. The Balaban J connectivity index is 1.55. The van der Waals surface area contributed by atoms with Gasteiger partial charge in [0.05, 0.1) is 12.5 Å². The number of carbonyl (C=O) groups excluding carboxylic acids is 2. The van der Waals surface area contributed by atoms with Crippen molar-refractivity contribution in [3.8, 4) is 11.8 Å². The third kappa shape index (κ3) is 7.53. The number of hydrogen-bond acceptors (Lipinski definition) is 5. The molecule has 2 amide bonds. The Kier molecular flexibility index (Phi) is 9.13. The van der Waals surface area contributed by atoms with Gasteiger partial charge in [0.2, 0.25) is 5.91 Å². The Bertz CT molecular complexity index is 962. The van der Waals surface area contributed by atoms with E-state index in [1.54, 1.807) is 24.3 Å². The molecular weight excluding hydrogens is 416 g/mol. The lowest BCUT2D eigenvalue weighted by molar-refractivity contribution is -0.128. The maximum atomic E-state index is 13.0. The molecule has 7 nitrogen and oxygen atoms in total. The maximum absolute atomic E-state index is 13.0. The topological polar surface area (TPSA) is 94.5 Å². The van der Waals surface area contributed by atoms with Gasteiger partial charge in [-0.3, -0.25) is 9.59 Å². The summed E-state index contributed by atoms with van der Waals surface area (Å²) in [6.45, 7) is 3.94. The lowest BCUT2D eigenvalue weighted by atomic mass is 10.1. The van der Waals surface area contributed by atoms with Crippen molar-refractivity contribution >= 4 is 23.2 Å². The van der Waals surface area contributed by atoms with Crippen LogP contribution in [0.5, 0.6) is 5.75 Å². The molecule has 3 rings (SSSR count). The largest absolute Gasteiger partial charge is 0.484 e. The number of nitrogens with zero attached hydrogens (tertiary/aromatic N) is 2. The standard InChI is InChI=1S/C26H32N4O3/c1-2-3-9-24(29-25(31)19-33-23-12-10-20(11-13-23)14-15-27)26(32)28-21-7-6-8-22(18-21)30-16-4-5-17-30/h6-8,10-13,18,24H,2-5,9,14,16-17,19H2,1H3,(H,28,32)(H,29,31). The van der Waals surface area contributed by atoms with Gasteiger partial charge in [-0.15, -0.1) is 0 Å². The second kappa shape index (κ2) is 12.5. The van der Waals surface area contributed by atoms with E-state index in [-0.39, 0.29) is 18.4 Å². The van der Waals surface area contributed by atoms with Gasteiger partial charge in [-0.05, 0) is 55.2 Å². The second-order valence-corrected chi connectivity index (χ2v) is 8.26. The zero-order valence-electron chi connectivity index (χ0n) is 19.2. The van der Waals surface area contributed by atoms with Gasteiger partial charge in [-0.25, -0.2) is 0 Å². The average molecular weight is 449 g/mol. The summed E-state index contributed by atoms with van der Waals surface area (Å²) in [4.78, 5) is 27.7. The summed E-state index contributed by atoms with van der Waals surface area (Å²) in [5, 5.41) is 14.5. The van der Waals surface area contributed by atoms with Gasteiger partial charge in [0.1, 0.15) is 11.8 Å². The van der Waals surface area contributed by atoms with Crippen LogP contribution in [0.15, 0.2) is 48.5 Å². The van der Waals surface area contributed by atoms with E-state index in [1.165, 1.54) is 12.8 Å². The fourth-order valence-corrected chi connectivity index (χ4v) is 3.84. The number of carbonyl (C=O) groups is 2. The molecule has 0 aliphatic carbocycles. The zero-order valence-corrected chi connectivity index (χ0v) is 19.2. The van der Waals surface area contributed by atoms with E-state index < -0.39 is 6.04 Å². The highest BCUT2D eigenvalue weighted by molar-refractivity contribution is 5.97. The number of ether oxygens (including phenoxy) is 1. The number of nitriles is 1. The van der Waals surface area contributed by atoms with Crippen molar-refractivity contribution in [2.45, 2.75) is 51.5 Å². The fraction of sp³-hybridized carbons (Fsp3) is 0.423. The van der Waals surface area contributed by atoms with E-state index in [2.05, 4.69) is 34.6 Å². The number of hydrogen-bond donors (Lipinski definition) is 2. The summed E-state index contributed by atoms with van der Waals surface area (Å²) in [6.07, 6.45) is 5.02. The van der Waals surface area contributed by atoms with Crippen LogP contribution in [0.25, 0.3) is 0 Å². The first-order chi connectivity index (χ1) is 16.1. The first-order valence-electron chi connectivity index (χ1n) is 11.6. The fourth-order valence-electron chi connectivity index (χ4n) is 3.84. The molecular formula is C26H32N4O3. The van der Waals surface area contributed by atoms with Crippen LogP contribution in [-0.2, 0) is 16.0 Å². The molecule has 1 aliphatic rings. The summed E-state index contributed by atoms with van der Waals surface area (Å²) >= 11 is 0. The molecule has 2 aromatic carbocycles. The highest BCUT2D eigenvalue weighted by atomic mass is 16.5. The molecule has 1 atom stereocenters. The molecule has 0 radical (unpaired) electrons. The van der Waals surface area contributed by atoms with Crippen LogP contribution in [0, 0.1) is 11.3 Å². The van der Waals surface area contributed by atoms with Crippen LogP contribution in [0.3, 0.4) is 0 Å². The normalized spacial score (nSPS) is 13.8. The van der Waals surface area contributed by atoms with Crippen LogP contribution >= 0.6 is 0 Å². The van der Waals surface area contributed by atoms with E-state index in [9.17, 15) is 9.59 Å². The average Bonchev–Trinajstić information content (AvgIpc) is 3.37. The van der Waals surface area contributed by atoms with Crippen LogP contribution in [0.1, 0.15) is 44.6 Å². The van der Waals surface area contributed by atoms with Crippen molar-refractivity contribution in [2.24, 2.45) is 0 Å². The third-order valence-electron chi connectivity index (χ3n) is 5.66. The SMILES string of the molecule is CCCCC(NC(=O)COc1ccc(CC#N)cc1)C(=O)Nc1cccc(N2CCCC2)c1. The predicted molar refractivity (Wildman–Crippen MR) is 129 cm³/mol. The number of nitrogens with one attached hydrogen (secondary N) is 2. The molecule has 7 heteroatoms. The van der Waals surface area contributed by atoms with Gasteiger partial charge in [0.25, 0.3) is 5.91 Å². The zero-order chi connectivity index (χ0) is 23.5.